The average molecular weight is 279 g/mol. The van der Waals surface area contributed by atoms with Gasteiger partial charge >= 0.3 is 0 Å². The minimum absolute atomic E-state index is 0.880. The lowest BCUT2D eigenvalue weighted by molar-refractivity contribution is 0.823. The Hall–Kier alpha value is -2.26. The third kappa shape index (κ3) is 2.93. The molecule has 0 saturated carbocycles. The van der Waals surface area contributed by atoms with Crippen molar-refractivity contribution >= 4 is 22.3 Å². The summed E-state index contributed by atoms with van der Waals surface area (Å²) in [6.45, 7) is 3.05. The van der Waals surface area contributed by atoms with Crippen LogP contribution in [0.5, 0.6) is 0 Å². The van der Waals surface area contributed by atoms with Crippen molar-refractivity contribution in [3.63, 3.8) is 0 Å². The predicted molar refractivity (Wildman–Crippen MR) is 90.2 cm³/mol. The molecule has 0 fully saturated rings. The molecule has 0 saturated heterocycles. The highest BCUT2D eigenvalue weighted by atomic mass is 14.9. The lowest BCUT2D eigenvalue weighted by Crippen LogP contribution is -2.03. The van der Waals surface area contributed by atoms with Gasteiger partial charge in [-0.2, -0.15) is 0 Å². The number of hydrogen-bond acceptors (Lipinski definition) is 2. The molecule has 0 aliphatic carbocycles. The topological polar surface area (TPSA) is 39.8 Å². The van der Waals surface area contributed by atoms with Crippen molar-refractivity contribution in [2.24, 2.45) is 0 Å². The minimum Gasteiger partial charge on any atom is -0.361 e. The van der Waals surface area contributed by atoms with Crippen LogP contribution in [0, 0.1) is 0 Å². The quantitative estimate of drug-likeness (QED) is 0.655. The molecule has 1 heterocycles. The largest absolute Gasteiger partial charge is 0.361 e. The van der Waals surface area contributed by atoms with E-state index in [2.05, 4.69) is 71.2 Å². The van der Waals surface area contributed by atoms with Gasteiger partial charge in [-0.05, 0) is 48.9 Å². The SMILES string of the molecule is CCc1cccc(Nc2ccc3c(CNC)c[nH]c3c2)c1. The zero-order chi connectivity index (χ0) is 14.7. The Morgan fingerprint density at radius 1 is 1.05 bits per heavy atom. The minimum atomic E-state index is 0.880. The van der Waals surface area contributed by atoms with Crippen molar-refractivity contribution in [3.8, 4) is 0 Å². The molecule has 108 valence electrons. The van der Waals surface area contributed by atoms with Gasteiger partial charge in [-0.3, -0.25) is 0 Å². The highest BCUT2D eigenvalue weighted by Crippen LogP contribution is 2.24. The van der Waals surface area contributed by atoms with Gasteiger partial charge in [0, 0.05) is 35.0 Å². The summed E-state index contributed by atoms with van der Waals surface area (Å²) in [7, 11) is 1.97. The van der Waals surface area contributed by atoms with Gasteiger partial charge in [0.05, 0.1) is 0 Å². The Labute approximate surface area is 125 Å². The molecule has 3 aromatic rings. The fourth-order valence-corrected chi connectivity index (χ4v) is 2.64. The summed E-state index contributed by atoms with van der Waals surface area (Å²) in [4.78, 5) is 3.34. The fourth-order valence-electron chi connectivity index (χ4n) is 2.64. The van der Waals surface area contributed by atoms with Gasteiger partial charge in [-0.1, -0.05) is 25.1 Å². The molecule has 3 rings (SSSR count). The van der Waals surface area contributed by atoms with Crippen LogP contribution in [0.2, 0.25) is 0 Å². The molecular formula is C18H21N3. The average Bonchev–Trinajstić information content (AvgIpc) is 2.90. The van der Waals surface area contributed by atoms with E-state index < -0.39 is 0 Å². The third-order valence-electron chi connectivity index (χ3n) is 3.76. The Bertz CT molecular complexity index is 743. The monoisotopic (exact) mass is 279 g/mol. The first-order valence-corrected chi connectivity index (χ1v) is 7.40. The summed E-state index contributed by atoms with van der Waals surface area (Å²) in [5.74, 6) is 0. The van der Waals surface area contributed by atoms with E-state index in [-0.39, 0.29) is 0 Å². The number of aryl methyl sites for hydroxylation is 1. The maximum atomic E-state index is 3.48. The zero-order valence-corrected chi connectivity index (χ0v) is 12.5. The molecule has 3 nitrogen and oxygen atoms in total. The van der Waals surface area contributed by atoms with E-state index >= 15 is 0 Å². The van der Waals surface area contributed by atoms with Crippen molar-refractivity contribution in [1.29, 1.82) is 0 Å². The van der Waals surface area contributed by atoms with Crippen LogP contribution in [0.3, 0.4) is 0 Å². The molecular weight excluding hydrogens is 258 g/mol. The third-order valence-corrected chi connectivity index (χ3v) is 3.76. The van der Waals surface area contributed by atoms with Crippen LogP contribution in [0.4, 0.5) is 11.4 Å². The maximum absolute atomic E-state index is 3.48. The standard InChI is InChI=1S/C18H21N3/c1-3-13-5-4-6-15(9-13)21-16-7-8-17-14(11-19-2)12-20-18(17)10-16/h4-10,12,19-21H,3,11H2,1-2H3. The molecule has 1 aromatic heterocycles. The number of benzene rings is 2. The number of aromatic nitrogens is 1. The second kappa shape index (κ2) is 6.02. The Kier molecular flexibility index (Phi) is 3.93. The smallest absolute Gasteiger partial charge is 0.0478 e. The summed E-state index contributed by atoms with van der Waals surface area (Å²) in [6, 6.07) is 15.0. The highest BCUT2D eigenvalue weighted by Gasteiger charge is 2.04. The van der Waals surface area contributed by atoms with E-state index in [4.69, 9.17) is 0 Å². The van der Waals surface area contributed by atoms with Gasteiger partial charge in [0.1, 0.15) is 0 Å². The Morgan fingerprint density at radius 3 is 2.71 bits per heavy atom. The van der Waals surface area contributed by atoms with Gasteiger partial charge in [-0.25, -0.2) is 0 Å². The van der Waals surface area contributed by atoms with E-state index in [1.807, 2.05) is 7.05 Å². The number of aromatic amines is 1. The van der Waals surface area contributed by atoms with Crippen LogP contribution in [0.15, 0.2) is 48.7 Å². The molecule has 2 aromatic carbocycles. The number of H-pyrrole nitrogens is 1. The van der Waals surface area contributed by atoms with E-state index in [0.717, 1.165) is 29.9 Å². The Balaban J connectivity index is 1.87. The summed E-state index contributed by atoms with van der Waals surface area (Å²) in [6.07, 6.45) is 3.13. The number of anilines is 2. The Morgan fingerprint density at radius 2 is 1.90 bits per heavy atom. The molecule has 0 aliphatic rings. The van der Waals surface area contributed by atoms with Crippen molar-refractivity contribution in [3.05, 3.63) is 59.8 Å². The maximum Gasteiger partial charge on any atom is 0.0478 e. The van der Waals surface area contributed by atoms with Crippen molar-refractivity contribution < 1.29 is 0 Å². The second-order valence-electron chi connectivity index (χ2n) is 5.28. The lowest BCUT2D eigenvalue weighted by atomic mass is 10.1. The fraction of sp³-hybridized carbons (Fsp3) is 0.222. The van der Waals surface area contributed by atoms with Crippen LogP contribution >= 0.6 is 0 Å². The summed E-state index contributed by atoms with van der Waals surface area (Å²) in [5.41, 5.74) is 6.05. The van der Waals surface area contributed by atoms with E-state index in [0.29, 0.717) is 0 Å². The van der Waals surface area contributed by atoms with Crippen molar-refractivity contribution in [1.82, 2.24) is 10.3 Å². The molecule has 0 bridgehead atoms. The molecule has 0 aliphatic heterocycles. The molecule has 0 atom stereocenters. The van der Waals surface area contributed by atoms with Crippen molar-refractivity contribution in [2.75, 3.05) is 12.4 Å². The van der Waals surface area contributed by atoms with Gasteiger partial charge in [0.25, 0.3) is 0 Å². The molecule has 0 unspecified atom stereocenters. The van der Waals surface area contributed by atoms with Gasteiger partial charge in [0.15, 0.2) is 0 Å². The predicted octanol–water partition coefficient (Wildman–Crippen LogP) is 4.19. The zero-order valence-electron chi connectivity index (χ0n) is 12.5. The summed E-state index contributed by atoms with van der Waals surface area (Å²) in [5, 5.41) is 7.95. The first kappa shape index (κ1) is 13.7. The van der Waals surface area contributed by atoms with Gasteiger partial charge < -0.3 is 15.6 Å². The number of rotatable bonds is 5. The number of hydrogen-bond donors (Lipinski definition) is 3. The molecule has 0 amide bonds. The van der Waals surface area contributed by atoms with E-state index in [1.54, 1.807) is 0 Å². The van der Waals surface area contributed by atoms with Crippen LogP contribution in [-0.2, 0) is 13.0 Å². The molecule has 3 N–H and O–H groups in total. The van der Waals surface area contributed by atoms with Gasteiger partial charge in [-0.15, -0.1) is 0 Å². The molecule has 0 spiro atoms. The molecule has 21 heavy (non-hydrogen) atoms. The lowest BCUT2D eigenvalue weighted by Gasteiger charge is -2.08. The molecule has 0 radical (unpaired) electrons. The summed E-state index contributed by atoms with van der Waals surface area (Å²) >= 11 is 0. The number of nitrogens with one attached hydrogen (secondary N) is 3. The highest BCUT2D eigenvalue weighted by molar-refractivity contribution is 5.87. The van der Waals surface area contributed by atoms with Crippen molar-refractivity contribution in [2.45, 2.75) is 19.9 Å². The van der Waals surface area contributed by atoms with E-state index in [1.165, 1.54) is 16.5 Å². The number of fused-ring (bicyclic) bond motifs is 1. The second-order valence-corrected chi connectivity index (χ2v) is 5.28. The molecule has 3 heteroatoms. The normalized spacial score (nSPS) is 11.0. The van der Waals surface area contributed by atoms with Crippen LogP contribution in [-0.4, -0.2) is 12.0 Å². The van der Waals surface area contributed by atoms with E-state index in [9.17, 15) is 0 Å². The first-order valence-electron chi connectivity index (χ1n) is 7.40. The van der Waals surface area contributed by atoms with Crippen LogP contribution < -0.4 is 10.6 Å². The summed E-state index contributed by atoms with van der Waals surface area (Å²) < 4.78 is 0. The van der Waals surface area contributed by atoms with Gasteiger partial charge in [0.2, 0.25) is 0 Å². The van der Waals surface area contributed by atoms with Crippen LogP contribution in [0.25, 0.3) is 10.9 Å². The van der Waals surface area contributed by atoms with Crippen LogP contribution in [0.1, 0.15) is 18.1 Å². The first-order chi connectivity index (χ1) is 10.3.